The molecule has 0 radical (unpaired) electrons. The Morgan fingerprint density at radius 2 is 2.17 bits per heavy atom. The van der Waals surface area contributed by atoms with Crippen LogP contribution < -0.4 is 4.74 Å². The van der Waals surface area contributed by atoms with Gasteiger partial charge in [-0.3, -0.25) is 4.90 Å². The number of hydrogen-bond acceptors (Lipinski definition) is 2. The Bertz CT molecular complexity index is 417. The number of ether oxygens (including phenoxy) is 1. The number of halogens is 1. The van der Waals surface area contributed by atoms with Gasteiger partial charge in [-0.1, -0.05) is 12.1 Å². The molecule has 0 atom stereocenters. The fourth-order valence-corrected chi connectivity index (χ4v) is 2.30. The first kappa shape index (κ1) is 13.7. The minimum Gasteiger partial charge on any atom is -0.493 e. The Morgan fingerprint density at radius 1 is 1.39 bits per heavy atom. The van der Waals surface area contributed by atoms with Gasteiger partial charge in [-0.05, 0) is 44.5 Å². The molecular weight excluding hydrogens is 246 g/mol. The van der Waals surface area contributed by atoms with Crippen molar-refractivity contribution in [3.05, 3.63) is 29.3 Å². The third-order valence-electron chi connectivity index (χ3n) is 3.85. The van der Waals surface area contributed by atoms with Gasteiger partial charge in [0.05, 0.1) is 6.61 Å². The van der Waals surface area contributed by atoms with Gasteiger partial charge in [0.25, 0.3) is 0 Å². The zero-order valence-corrected chi connectivity index (χ0v) is 12.3. The summed E-state index contributed by atoms with van der Waals surface area (Å²) in [5.74, 6) is 1.72. The van der Waals surface area contributed by atoms with E-state index in [-0.39, 0.29) is 5.54 Å². The monoisotopic (exact) mass is 267 g/mol. The lowest BCUT2D eigenvalue weighted by Gasteiger charge is -2.33. The molecule has 1 aliphatic heterocycles. The maximum Gasteiger partial charge on any atom is 0.122 e. The van der Waals surface area contributed by atoms with Crippen LogP contribution in [0.1, 0.15) is 25.0 Å². The Labute approximate surface area is 115 Å². The van der Waals surface area contributed by atoms with Crippen molar-refractivity contribution in [1.82, 2.24) is 4.90 Å². The first-order valence-corrected chi connectivity index (χ1v) is 7.08. The van der Waals surface area contributed by atoms with E-state index in [4.69, 9.17) is 16.3 Å². The van der Waals surface area contributed by atoms with Gasteiger partial charge in [0.15, 0.2) is 0 Å². The van der Waals surface area contributed by atoms with Crippen molar-refractivity contribution in [2.24, 2.45) is 0 Å². The summed E-state index contributed by atoms with van der Waals surface area (Å²) in [6, 6.07) is 6.56. The number of rotatable bonds is 5. The normalized spacial score (nSPS) is 14.7. The van der Waals surface area contributed by atoms with Crippen LogP contribution in [-0.2, 0) is 12.8 Å². The van der Waals surface area contributed by atoms with Gasteiger partial charge in [0.2, 0.25) is 0 Å². The fraction of sp³-hybridized carbons (Fsp3) is 0.600. The lowest BCUT2D eigenvalue weighted by atomic mass is 10.0. The van der Waals surface area contributed by atoms with E-state index in [0.29, 0.717) is 5.88 Å². The van der Waals surface area contributed by atoms with E-state index in [1.165, 1.54) is 11.1 Å². The summed E-state index contributed by atoms with van der Waals surface area (Å²) in [6.45, 7) is 6.21. The molecule has 0 fully saturated rings. The Kier molecular flexibility index (Phi) is 4.18. The minimum absolute atomic E-state index is 0.0569. The van der Waals surface area contributed by atoms with E-state index in [0.717, 1.165) is 31.7 Å². The number of nitrogens with zero attached hydrogens (tertiary/aromatic N) is 1. The number of fused-ring (bicyclic) bond motifs is 1. The van der Waals surface area contributed by atoms with Crippen molar-refractivity contribution in [3.63, 3.8) is 0 Å². The summed E-state index contributed by atoms with van der Waals surface area (Å²) in [6.07, 6.45) is 2.11. The minimum atomic E-state index is 0.0569. The second kappa shape index (κ2) is 5.50. The fourth-order valence-electron chi connectivity index (χ4n) is 2.10. The van der Waals surface area contributed by atoms with E-state index in [2.05, 4.69) is 44.0 Å². The summed E-state index contributed by atoms with van der Waals surface area (Å²) in [4.78, 5) is 2.32. The lowest BCUT2D eigenvalue weighted by Crippen LogP contribution is -2.43. The molecule has 18 heavy (non-hydrogen) atoms. The molecular formula is C15H22ClNO. The van der Waals surface area contributed by atoms with Gasteiger partial charge < -0.3 is 4.74 Å². The van der Waals surface area contributed by atoms with Crippen molar-refractivity contribution < 1.29 is 4.74 Å². The van der Waals surface area contributed by atoms with Gasteiger partial charge in [0, 0.05) is 24.4 Å². The second-order valence-corrected chi connectivity index (χ2v) is 5.93. The molecule has 0 aromatic heterocycles. The average Bonchev–Trinajstić information content (AvgIpc) is 2.83. The van der Waals surface area contributed by atoms with Crippen LogP contribution >= 0.6 is 11.6 Å². The number of likely N-dealkylation sites (N-methyl/N-ethyl adjacent to an activating group) is 1. The molecule has 0 bridgehead atoms. The number of hydrogen-bond donors (Lipinski definition) is 0. The van der Waals surface area contributed by atoms with Crippen molar-refractivity contribution in [3.8, 4) is 5.75 Å². The highest BCUT2D eigenvalue weighted by atomic mass is 35.5. The highest BCUT2D eigenvalue weighted by Gasteiger charge is 2.21. The smallest absolute Gasteiger partial charge is 0.122 e. The van der Waals surface area contributed by atoms with Crippen LogP contribution in [-0.4, -0.2) is 36.5 Å². The first-order chi connectivity index (χ1) is 8.53. The van der Waals surface area contributed by atoms with Crippen molar-refractivity contribution in [2.75, 3.05) is 26.1 Å². The molecule has 1 aliphatic rings. The zero-order chi connectivity index (χ0) is 13.2. The molecule has 100 valence electrons. The molecule has 0 N–H and O–H groups in total. The Morgan fingerprint density at radius 3 is 2.89 bits per heavy atom. The Balaban J connectivity index is 1.94. The highest BCUT2D eigenvalue weighted by molar-refractivity contribution is 6.18. The molecule has 0 amide bonds. The summed E-state index contributed by atoms with van der Waals surface area (Å²) >= 11 is 5.99. The van der Waals surface area contributed by atoms with Gasteiger partial charge in [0.1, 0.15) is 5.75 Å². The molecule has 1 heterocycles. The van der Waals surface area contributed by atoms with E-state index in [1.54, 1.807) is 0 Å². The van der Waals surface area contributed by atoms with Crippen LogP contribution in [0.3, 0.4) is 0 Å². The topological polar surface area (TPSA) is 12.5 Å². The van der Waals surface area contributed by atoms with Crippen LogP contribution in [0.5, 0.6) is 5.75 Å². The third kappa shape index (κ3) is 2.99. The molecule has 1 aromatic carbocycles. The SMILES string of the molecule is CN(CCc1ccc2c(c1)CCO2)C(C)(C)CCl. The van der Waals surface area contributed by atoms with Crippen molar-refractivity contribution in [1.29, 1.82) is 0 Å². The van der Waals surface area contributed by atoms with E-state index < -0.39 is 0 Å². The third-order valence-corrected chi connectivity index (χ3v) is 4.50. The molecule has 3 heteroatoms. The van der Waals surface area contributed by atoms with Crippen LogP contribution in [0.2, 0.25) is 0 Å². The maximum absolute atomic E-state index is 5.99. The molecule has 0 saturated carbocycles. The van der Waals surface area contributed by atoms with Crippen molar-refractivity contribution >= 4 is 11.6 Å². The second-order valence-electron chi connectivity index (χ2n) is 5.66. The summed E-state index contributed by atoms with van der Waals surface area (Å²) in [7, 11) is 2.14. The van der Waals surface area contributed by atoms with Gasteiger partial charge in [-0.25, -0.2) is 0 Å². The zero-order valence-electron chi connectivity index (χ0n) is 11.5. The van der Waals surface area contributed by atoms with E-state index in [9.17, 15) is 0 Å². The predicted octanol–water partition coefficient (Wildman–Crippen LogP) is 3.11. The quantitative estimate of drug-likeness (QED) is 0.760. The van der Waals surface area contributed by atoms with E-state index >= 15 is 0 Å². The first-order valence-electron chi connectivity index (χ1n) is 6.55. The summed E-state index contributed by atoms with van der Waals surface area (Å²) < 4.78 is 5.52. The maximum atomic E-state index is 5.99. The lowest BCUT2D eigenvalue weighted by molar-refractivity contribution is 0.181. The Hall–Kier alpha value is -0.730. The van der Waals surface area contributed by atoms with Crippen LogP contribution in [0.25, 0.3) is 0 Å². The molecule has 0 unspecified atom stereocenters. The summed E-state index contributed by atoms with van der Waals surface area (Å²) in [5.41, 5.74) is 2.80. The van der Waals surface area contributed by atoms with Gasteiger partial charge in [-0.15, -0.1) is 11.6 Å². The number of alkyl halides is 1. The van der Waals surface area contributed by atoms with Crippen LogP contribution in [0.4, 0.5) is 0 Å². The van der Waals surface area contributed by atoms with Crippen LogP contribution in [0.15, 0.2) is 18.2 Å². The average molecular weight is 268 g/mol. The molecule has 0 aliphatic carbocycles. The van der Waals surface area contributed by atoms with Crippen LogP contribution in [0, 0.1) is 0 Å². The largest absolute Gasteiger partial charge is 0.493 e. The molecule has 0 spiro atoms. The van der Waals surface area contributed by atoms with Gasteiger partial charge >= 0.3 is 0 Å². The van der Waals surface area contributed by atoms with Gasteiger partial charge in [-0.2, -0.15) is 0 Å². The van der Waals surface area contributed by atoms with E-state index in [1.807, 2.05) is 0 Å². The summed E-state index contributed by atoms with van der Waals surface area (Å²) in [5, 5.41) is 0. The predicted molar refractivity (Wildman–Crippen MR) is 76.8 cm³/mol. The molecule has 1 aromatic rings. The highest BCUT2D eigenvalue weighted by Crippen LogP contribution is 2.26. The molecule has 0 saturated heterocycles. The molecule has 2 nitrogen and oxygen atoms in total. The molecule has 2 rings (SSSR count). The van der Waals surface area contributed by atoms with Crippen molar-refractivity contribution in [2.45, 2.75) is 32.2 Å². The standard InChI is InChI=1S/C15H22ClNO/c1-15(2,11-16)17(3)8-6-12-4-5-14-13(10-12)7-9-18-14/h4-5,10H,6-9,11H2,1-3H3. The number of benzene rings is 1.